The first-order chi connectivity index (χ1) is 7.54. The summed E-state index contributed by atoms with van der Waals surface area (Å²) in [4.78, 5) is 0. The van der Waals surface area contributed by atoms with Crippen molar-refractivity contribution in [3.63, 3.8) is 0 Å². The van der Waals surface area contributed by atoms with E-state index in [1.807, 2.05) is 13.8 Å². The summed E-state index contributed by atoms with van der Waals surface area (Å²) in [6, 6.07) is 0. The number of hydrogen-bond acceptors (Lipinski definition) is 4. The monoisotopic (exact) mass is 266 g/mol. The Balaban J connectivity index is 3.15. The SMILES string of the molecule is CCC(C)[C@]1(OP)[C@H](O)C=C[C@H](O)[C@H]1OP. The van der Waals surface area contributed by atoms with Crippen LogP contribution in [-0.2, 0) is 9.05 Å². The van der Waals surface area contributed by atoms with Crippen molar-refractivity contribution in [1.82, 2.24) is 0 Å². The molecule has 1 aliphatic rings. The summed E-state index contributed by atoms with van der Waals surface area (Å²) in [5.41, 5.74) is -0.935. The Hall–Kier alpha value is 0.440. The standard InChI is InChI=1S/C10H20O4P2/c1-3-6(2)10(14-16)8(12)5-4-7(11)9(10)13-15/h4-9,11-12H,3,15-16H2,1-2H3/t6?,7-,8+,9+,10-/m0/s1. The molecule has 1 rings (SSSR count). The van der Waals surface area contributed by atoms with E-state index in [1.54, 1.807) is 6.08 Å². The van der Waals surface area contributed by atoms with E-state index >= 15 is 0 Å². The van der Waals surface area contributed by atoms with Gasteiger partial charge in [0.05, 0.1) is 0 Å². The Labute approximate surface area is 101 Å². The fraction of sp³-hybridized carbons (Fsp3) is 0.800. The average Bonchev–Trinajstić information content (AvgIpc) is 2.30. The van der Waals surface area contributed by atoms with Crippen molar-refractivity contribution >= 4 is 18.9 Å². The highest BCUT2D eigenvalue weighted by molar-refractivity contribution is 7.10. The van der Waals surface area contributed by atoms with E-state index in [9.17, 15) is 10.2 Å². The molecule has 0 radical (unpaired) electrons. The Bertz CT molecular complexity index is 261. The van der Waals surface area contributed by atoms with Gasteiger partial charge in [-0.25, -0.2) is 0 Å². The van der Waals surface area contributed by atoms with Crippen LogP contribution >= 0.6 is 18.9 Å². The van der Waals surface area contributed by atoms with Crippen LogP contribution in [0.15, 0.2) is 12.2 Å². The molecule has 0 amide bonds. The predicted molar refractivity (Wildman–Crippen MR) is 68.7 cm³/mol. The maximum absolute atomic E-state index is 10.1. The highest BCUT2D eigenvalue weighted by Gasteiger charge is 2.53. The first-order valence-corrected chi connectivity index (χ1v) is 6.26. The van der Waals surface area contributed by atoms with Crippen LogP contribution in [0.2, 0.25) is 0 Å². The minimum atomic E-state index is -0.935. The molecule has 94 valence electrons. The van der Waals surface area contributed by atoms with Gasteiger partial charge in [-0.1, -0.05) is 32.4 Å². The summed E-state index contributed by atoms with van der Waals surface area (Å²) in [6.45, 7) is 3.98. The molecule has 1 aliphatic carbocycles. The summed E-state index contributed by atoms with van der Waals surface area (Å²) < 4.78 is 10.7. The molecule has 3 unspecified atom stereocenters. The van der Waals surface area contributed by atoms with Crippen molar-refractivity contribution in [2.75, 3.05) is 0 Å². The van der Waals surface area contributed by atoms with Crippen LogP contribution in [0.1, 0.15) is 20.3 Å². The van der Waals surface area contributed by atoms with Gasteiger partial charge in [-0.3, -0.25) is 0 Å². The number of rotatable bonds is 4. The summed E-state index contributed by atoms with van der Waals surface area (Å²) in [6.07, 6.45) is 1.72. The van der Waals surface area contributed by atoms with E-state index in [0.717, 1.165) is 6.42 Å². The molecule has 0 heterocycles. The lowest BCUT2D eigenvalue weighted by Gasteiger charge is -2.48. The molecule has 0 saturated carbocycles. The molecule has 0 aromatic rings. The molecule has 0 spiro atoms. The molecule has 0 aliphatic heterocycles. The summed E-state index contributed by atoms with van der Waals surface area (Å²) in [7, 11) is 4.30. The van der Waals surface area contributed by atoms with Crippen molar-refractivity contribution in [3.8, 4) is 0 Å². The van der Waals surface area contributed by atoms with Crippen molar-refractivity contribution in [2.24, 2.45) is 5.92 Å². The Morgan fingerprint density at radius 1 is 1.38 bits per heavy atom. The fourth-order valence-corrected chi connectivity index (χ4v) is 3.12. The van der Waals surface area contributed by atoms with E-state index in [2.05, 4.69) is 18.9 Å². The zero-order chi connectivity index (χ0) is 12.3. The smallest absolute Gasteiger partial charge is 0.133 e. The van der Waals surface area contributed by atoms with Gasteiger partial charge in [0, 0.05) is 18.9 Å². The molecule has 6 heteroatoms. The first kappa shape index (κ1) is 14.5. The van der Waals surface area contributed by atoms with Crippen molar-refractivity contribution in [3.05, 3.63) is 12.2 Å². The third-order valence-electron chi connectivity index (χ3n) is 3.44. The molecule has 0 bridgehead atoms. The molecule has 2 N–H and O–H groups in total. The minimum absolute atomic E-state index is 0.0464. The van der Waals surface area contributed by atoms with Gasteiger partial charge in [-0.15, -0.1) is 0 Å². The van der Waals surface area contributed by atoms with Crippen molar-refractivity contribution in [2.45, 2.75) is 44.2 Å². The third kappa shape index (κ3) is 2.20. The quantitative estimate of drug-likeness (QED) is 0.589. The van der Waals surface area contributed by atoms with E-state index in [4.69, 9.17) is 9.05 Å². The second-order valence-electron chi connectivity index (χ2n) is 4.16. The van der Waals surface area contributed by atoms with Gasteiger partial charge in [0.2, 0.25) is 0 Å². The first-order valence-electron chi connectivity index (χ1n) is 5.32. The average molecular weight is 266 g/mol. The van der Waals surface area contributed by atoms with Crippen LogP contribution < -0.4 is 0 Å². The van der Waals surface area contributed by atoms with Gasteiger partial charge >= 0.3 is 0 Å². The summed E-state index contributed by atoms with van der Waals surface area (Å²) >= 11 is 0. The summed E-state index contributed by atoms with van der Waals surface area (Å²) in [5.74, 6) is 0.0464. The molecule has 0 fully saturated rings. The van der Waals surface area contributed by atoms with Gasteiger partial charge in [0.25, 0.3) is 0 Å². The Morgan fingerprint density at radius 3 is 2.44 bits per heavy atom. The van der Waals surface area contributed by atoms with Crippen LogP contribution in [0, 0.1) is 5.92 Å². The largest absolute Gasteiger partial charge is 0.386 e. The van der Waals surface area contributed by atoms with Gasteiger partial charge < -0.3 is 19.3 Å². The normalized spacial score (nSPS) is 41.0. The van der Waals surface area contributed by atoms with Crippen LogP contribution in [0.5, 0.6) is 0 Å². The van der Waals surface area contributed by atoms with Gasteiger partial charge in [0.15, 0.2) is 0 Å². The van der Waals surface area contributed by atoms with Crippen LogP contribution in [0.3, 0.4) is 0 Å². The zero-order valence-corrected chi connectivity index (χ0v) is 11.8. The summed E-state index contributed by atoms with van der Waals surface area (Å²) in [5, 5.41) is 20.0. The molecular formula is C10H20O4P2. The highest BCUT2D eigenvalue weighted by Crippen LogP contribution is 2.41. The van der Waals surface area contributed by atoms with Gasteiger partial charge in [-0.2, -0.15) is 0 Å². The fourth-order valence-electron chi connectivity index (χ4n) is 2.24. The molecule has 0 aromatic carbocycles. The maximum Gasteiger partial charge on any atom is 0.133 e. The van der Waals surface area contributed by atoms with E-state index in [1.165, 1.54) is 6.08 Å². The van der Waals surface area contributed by atoms with Crippen LogP contribution in [-0.4, -0.2) is 34.1 Å². The Morgan fingerprint density at radius 2 is 2.00 bits per heavy atom. The lowest BCUT2D eigenvalue weighted by Crippen LogP contribution is -2.62. The van der Waals surface area contributed by atoms with Crippen LogP contribution in [0.25, 0.3) is 0 Å². The number of aliphatic hydroxyl groups is 2. The van der Waals surface area contributed by atoms with E-state index < -0.39 is 23.9 Å². The number of hydrogen-bond donors (Lipinski definition) is 2. The van der Waals surface area contributed by atoms with Crippen LogP contribution in [0.4, 0.5) is 0 Å². The minimum Gasteiger partial charge on any atom is -0.386 e. The molecule has 7 atom stereocenters. The highest BCUT2D eigenvalue weighted by atomic mass is 31.0. The second kappa shape index (κ2) is 5.86. The molecule has 16 heavy (non-hydrogen) atoms. The molecule has 0 aromatic heterocycles. The molecule has 0 saturated heterocycles. The third-order valence-corrected chi connectivity index (χ3v) is 4.14. The molecular weight excluding hydrogens is 246 g/mol. The zero-order valence-electron chi connectivity index (χ0n) is 9.54. The van der Waals surface area contributed by atoms with Crippen molar-refractivity contribution < 1.29 is 19.3 Å². The second-order valence-corrected chi connectivity index (χ2v) is 4.67. The predicted octanol–water partition coefficient (Wildman–Crippen LogP) is 1.04. The number of aliphatic hydroxyl groups excluding tert-OH is 2. The topological polar surface area (TPSA) is 58.9 Å². The van der Waals surface area contributed by atoms with Crippen molar-refractivity contribution in [1.29, 1.82) is 0 Å². The van der Waals surface area contributed by atoms with E-state index in [-0.39, 0.29) is 5.92 Å². The van der Waals surface area contributed by atoms with Gasteiger partial charge in [0.1, 0.15) is 23.9 Å². The lowest BCUT2D eigenvalue weighted by molar-refractivity contribution is -0.154. The lowest BCUT2D eigenvalue weighted by atomic mass is 9.73. The van der Waals surface area contributed by atoms with Gasteiger partial charge in [-0.05, 0) is 5.92 Å². The maximum atomic E-state index is 10.1. The van der Waals surface area contributed by atoms with E-state index in [0.29, 0.717) is 0 Å². The molecule has 4 nitrogen and oxygen atoms in total. The Kier molecular flexibility index (Phi) is 5.31.